The zero-order valence-corrected chi connectivity index (χ0v) is 14.2. The van der Waals surface area contributed by atoms with Crippen LogP contribution < -0.4 is 5.73 Å². The molecular weight excluding hydrogens is 385 g/mol. The molecule has 0 saturated carbocycles. The Morgan fingerprint density at radius 2 is 1.58 bits per heavy atom. The summed E-state index contributed by atoms with van der Waals surface area (Å²) in [5.41, 5.74) is 5.00. The van der Waals surface area contributed by atoms with Crippen molar-refractivity contribution in [2.75, 3.05) is 13.2 Å². The van der Waals surface area contributed by atoms with E-state index < -0.39 is 63.1 Å². The number of ketones is 1. The van der Waals surface area contributed by atoms with Gasteiger partial charge in [-0.25, -0.2) is 4.57 Å². The molecule has 4 atom stereocenters. The van der Waals surface area contributed by atoms with Crippen LogP contribution in [0.2, 0.25) is 0 Å². The smallest absolute Gasteiger partial charge is 0.469 e. The van der Waals surface area contributed by atoms with Gasteiger partial charge < -0.3 is 46.2 Å². The molecule has 0 aliphatic carbocycles. The van der Waals surface area contributed by atoms with Crippen LogP contribution in [0, 0.1) is 0 Å². The first-order valence-electron chi connectivity index (χ1n) is 6.81. The highest BCUT2D eigenvalue weighted by atomic mass is 31.2. The fraction of sp³-hybridized carbons (Fsp3) is 0.727. The Balaban J connectivity index is 0. The number of aliphatic carboxylic acids is 2. The SMILES string of the molecule is N[C@@H](CCC(=O)O)C(=O)O.O=C(CO)[C@@H](O)[C@H](O)[C@H](O)COP(=O)(O)O. The molecule has 0 saturated heterocycles. The lowest BCUT2D eigenvalue weighted by atomic mass is 10.1. The van der Waals surface area contributed by atoms with Gasteiger partial charge in [-0.15, -0.1) is 0 Å². The van der Waals surface area contributed by atoms with E-state index in [4.69, 9.17) is 46.2 Å². The molecule has 154 valence electrons. The van der Waals surface area contributed by atoms with E-state index in [0.29, 0.717) is 0 Å². The van der Waals surface area contributed by atoms with Gasteiger partial charge in [-0.2, -0.15) is 0 Å². The quantitative estimate of drug-likeness (QED) is 0.148. The molecule has 0 unspecified atom stereocenters. The highest BCUT2D eigenvalue weighted by Crippen LogP contribution is 2.35. The Kier molecular flexibility index (Phi) is 13.2. The van der Waals surface area contributed by atoms with Crippen LogP contribution in [-0.4, -0.2) is 95.7 Å². The first kappa shape index (κ1) is 26.7. The van der Waals surface area contributed by atoms with Gasteiger partial charge in [0.25, 0.3) is 0 Å². The van der Waals surface area contributed by atoms with Crippen LogP contribution >= 0.6 is 7.82 Å². The molecule has 0 aromatic heterocycles. The van der Waals surface area contributed by atoms with Crippen LogP contribution in [0.4, 0.5) is 0 Å². The lowest BCUT2D eigenvalue weighted by Crippen LogP contribution is -2.45. The third-order valence-corrected chi connectivity index (χ3v) is 3.09. The normalized spacial score (nSPS) is 15.8. The third-order valence-electron chi connectivity index (χ3n) is 2.60. The van der Waals surface area contributed by atoms with E-state index in [1.807, 2.05) is 0 Å². The number of aliphatic hydroxyl groups excluding tert-OH is 4. The Hall–Kier alpha value is -1.48. The number of hydrogen-bond acceptors (Lipinski definition) is 10. The number of rotatable bonds is 11. The monoisotopic (exact) mass is 407 g/mol. The van der Waals surface area contributed by atoms with Crippen molar-refractivity contribution in [2.24, 2.45) is 5.73 Å². The lowest BCUT2D eigenvalue weighted by Gasteiger charge is -2.21. The average molecular weight is 407 g/mol. The summed E-state index contributed by atoms with van der Waals surface area (Å²) in [5.74, 6) is -3.33. The Bertz CT molecular complexity index is 506. The van der Waals surface area contributed by atoms with Gasteiger partial charge in [0.15, 0.2) is 5.78 Å². The molecule has 0 amide bonds. The van der Waals surface area contributed by atoms with Crippen LogP contribution in [0.1, 0.15) is 12.8 Å². The number of carbonyl (C=O) groups is 3. The van der Waals surface area contributed by atoms with E-state index in [1.54, 1.807) is 0 Å². The van der Waals surface area contributed by atoms with E-state index >= 15 is 0 Å². The lowest BCUT2D eigenvalue weighted by molar-refractivity contribution is -0.142. The van der Waals surface area contributed by atoms with E-state index in [2.05, 4.69) is 4.52 Å². The van der Waals surface area contributed by atoms with Crippen molar-refractivity contribution in [3.63, 3.8) is 0 Å². The summed E-state index contributed by atoms with van der Waals surface area (Å²) in [7, 11) is -4.81. The Labute approximate surface area is 146 Å². The van der Waals surface area contributed by atoms with Crippen LogP contribution in [-0.2, 0) is 23.5 Å². The predicted molar refractivity (Wildman–Crippen MR) is 80.6 cm³/mol. The zero-order valence-electron chi connectivity index (χ0n) is 13.3. The van der Waals surface area contributed by atoms with Gasteiger partial charge in [-0.3, -0.25) is 18.9 Å². The zero-order chi connectivity index (χ0) is 21.1. The van der Waals surface area contributed by atoms with Gasteiger partial charge in [-0.1, -0.05) is 0 Å². The number of carboxylic acids is 2. The van der Waals surface area contributed by atoms with Gasteiger partial charge in [0.1, 0.15) is 31.0 Å². The number of Topliss-reactive ketones (excluding diaryl/α,β-unsaturated/α-hetero) is 1. The van der Waals surface area contributed by atoms with Crippen LogP contribution in [0.5, 0.6) is 0 Å². The second-order valence-corrected chi connectivity index (χ2v) is 6.03. The minimum Gasteiger partial charge on any atom is -0.481 e. The largest absolute Gasteiger partial charge is 0.481 e. The molecule has 0 aliphatic heterocycles. The summed E-state index contributed by atoms with van der Waals surface area (Å²) < 4.78 is 14.1. The van der Waals surface area contributed by atoms with Gasteiger partial charge in [-0.05, 0) is 6.42 Å². The van der Waals surface area contributed by atoms with Crippen molar-refractivity contribution >= 4 is 25.5 Å². The highest BCUT2D eigenvalue weighted by molar-refractivity contribution is 7.46. The van der Waals surface area contributed by atoms with Crippen LogP contribution in [0.25, 0.3) is 0 Å². The average Bonchev–Trinajstić information content (AvgIpc) is 2.54. The summed E-state index contributed by atoms with van der Waals surface area (Å²) in [5, 5.41) is 51.8. The fourth-order valence-electron chi connectivity index (χ4n) is 1.17. The molecule has 0 spiro atoms. The maximum Gasteiger partial charge on any atom is 0.469 e. The van der Waals surface area contributed by atoms with E-state index in [9.17, 15) is 18.9 Å². The summed E-state index contributed by atoms with van der Waals surface area (Å²) in [4.78, 5) is 47.1. The Morgan fingerprint density at radius 1 is 1.08 bits per heavy atom. The molecule has 0 rings (SSSR count). The van der Waals surface area contributed by atoms with E-state index in [-0.39, 0.29) is 12.8 Å². The fourth-order valence-corrected chi connectivity index (χ4v) is 1.52. The van der Waals surface area contributed by atoms with Gasteiger partial charge >= 0.3 is 19.8 Å². The van der Waals surface area contributed by atoms with Crippen LogP contribution in [0.15, 0.2) is 0 Å². The van der Waals surface area contributed by atoms with E-state index in [0.717, 1.165) is 0 Å². The van der Waals surface area contributed by atoms with Crippen molar-refractivity contribution in [1.82, 2.24) is 0 Å². The molecule has 0 aliphatic rings. The minimum absolute atomic E-state index is 0.0231. The number of phosphoric acid groups is 1. The number of carboxylic acid groups (broad SMARTS) is 2. The summed E-state index contributed by atoms with van der Waals surface area (Å²) in [6.45, 7) is -2.01. The van der Waals surface area contributed by atoms with Crippen molar-refractivity contribution < 1.29 is 63.9 Å². The summed E-state index contributed by atoms with van der Waals surface area (Å²) in [6, 6.07) is -1.06. The number of hydrogen-bond donors (Lipinski definition) is 9. The van der Waals surface area contributed by atoms with Crippen molar-refractivity contribution in [3.05, 3.63) is 0 Å². The number of aliphatic hydroxyl groups is 4. The molecule has 0 bridgehead atoms. The summed E-state index contributed by atoms with van der Waals surface area (Å²) in [6.07, 6.45) is -6.16. The molecular formula is C11H22NO13P. The summed E-state index contributed by atoms with van der Waals surface area (Å²) >= 11 is 0. The second kappa shape index (κ2) is 12.8. The van der Waals surface area contributed by atoms with Crippen molar-refractivity contribution in [2.45, 2.75) is 37.2 Å². The molecule has 0 aromatic rings. The molecule has 0 aromatic carbocycles. The topological polar surface area (TPSA) is 265 Å². The maximum absolute atomic E-state index is 10.7. The third kappa shape index (κ3) is 13.8. The molecule has 15 heteroatoms. The predicted octanol–water partition coefficient (Wildman–Crippen LogP) is -4.00. The molecule has 0 heterocycles. The number of nitrogens with two attached hydrogens (primary N) is 1. The first-order chi connectivity index (χ1) is 11.7. The molecule has 0 fully saturated rings. The van der Waals surface area contributed by atoms with Crippen molar-refractivity contribution in [1.29, 1.82) is 0 Å². The molecule has 10 N–H and O–H groups in total. The molecule has 0 radical (unpaired) electrons. The van der Waals surface area contributed by atoms with Crippen molar-refractivity contribution in [3.8, 4) is 0 Å². The van der Waals surface area contributed by atoms with Crippen LogP contribution in [0.3, 0.4) is 0 Å². The van der Waals surface area contributed by atoms with Gasteiger partial charge in [0, 0.05) is 6.42 Å². The highest BCUT2D eigenvalue weighted by Gasteiger charge is 2.31. The van der Waals surface area contributed by atoms with E-state index in [1.165, 1.54) is 0 Å². The van der Waals surface area contributed by atoms with Gasteiger partial charge in [0.05, 0.1) is 6.61 Å². The number of carbonyl (C=O) groups excluding carboxylic acids is 1. The molecule has 14 nitrogen and oxygen atoms in total. The maximum atomic E-state index is 10.7. The number of phosphoric ester groups is 1. The first-order valence-corrected chi connectivity index (χ1v) is 8.34. The Morgan fingerprint density at radius 3 is 1.92 bits per heavy atom. The van der Waals surface area contributed by atoms with Gasteiger partial charge in [0.2, 0.25) is 0 Å². The minimum atomic E-state index is -4.81. The molecule has 26 heavy (non-hydrogen) atoms. The standard InChI is InChI=1S/C6H13O9P.C5H9NO4/c7-1-3(8)5(10)6(11)4(9)2-15-16(12,13)14;6-3(5(9)10)1-2-4(7)8/h4-7,9-11H,1-2H2,(H2,12,13,14);3H,1-2,6H2,(H,7,8)(H,9,10)/t4-,5-,6-;3-/m10/s1. The second-order valence-electron chi connectivity index (χ2n) is 4.79.